The van der Waals surface area contributed by atoms with Crippen molar-refractivity contribution in [2.45, 2.75) is 38.7 Å². The van der Waals surface area contributed by atoms with Gasteiger partial charge in [0.2, 0.25) is 0 Å². The van der Waals surface area contributed by atoms with Crippen molar-refractivity contribution in [1.82, 2.24) is 4.98 Å². The average molecular weight is 270 g/mol. The van der Waals surface area contributed by atoms with Crippen molar-refractivity contribution in [3.05, 3.63) is 35.9 Å². The second-order valence-corrected chi connectivity index (χ2v) is 5.57. The summed E-state index contributed by atoms with van der Waals surface area (Å²) in [5.41, 5.74) is 1.96. The molecule has 0 unspecified atom stereocenters. The molecule has 3 nitrogen and oxygen atoms in total. The molecular formula is C17H22N2O. The molecule has 3 heteroatoms. The maximum atomic E-state index is 9.61. The molecule has 1 aliphatic rings. The van der Waals surface area contributed by atoms with Crippen LogP contribution in [0.2, 0.25) is 0 Å². The molecule has 0 spiro atoms. The van der Waals surface area contributed by atoms with Gasteiger partial charge >= 0.3 is 0 Å². The van der Waals surface area contributed by atoms with Crippen LogP contribution in [0.25, 0.3) is 10.9 Å². The summed E-state index contributed by atoms with van der Waals surface area (Å²) in [6.07, 6.45) is 6.47. The fourth-order valence-corrected chi connectivity index (χ4v) is 3.00. The maximum absolute atomic E-state index is 9.61. The quantitative estimate of drug-likeness (QED) is 0.907. The van der Waals surface area contributed by atoms with E-state index >= 15 is 0 Å². The molecule has 0 saturated carbocycles. The summed E-state index contributed by atoms with van der Waals surface area (Å²) in [5.74, 6) is 1.02. The van der Waals surface area contributed by atoms with E-state index in [0.717, 1.165) is 35.4 Å². The van der Waals surface area contributed by atoms with Crippen LogP contribution in [0.3, 0.4) is 0 Å². The van der Waals surface area contributed by atoms with Crippen LogP contribution in [0, 0.1) is 0 Å². The predicted octanol–water partition coefficient (Wildman–Crippen LogP) is 3.50. The van der Waals surface area contributed by atoms with Gasteiger partial charge in [-0.25, -0.2) is 4.98 Å². The van der Waals surface area contributed by atoms with Crippen molar-refractivity contribution in [2.24, 2.45) is 0 Å². The van der Waals surface area contributed by atoms with Crippen LogP contribution in [0.5, 0.6) is 0 Å². The summed E-state index contributed by atoms with van der Waals surface area (Å²) in [6.45, 7) is 2.23. The van der Waals surface area contributed by atoms with Crippen LogP contribution in [0.1, 0.15) is 37.7 Å². The van der Waals surface area contributed by atoms with Gasteiger partial charge in [0.15, 0.2) is 0 Å². The van der Waals surface area contributed by atoms with E-state index in [1.54, 1.807) is 0 Å². The first-order valence-corrected chi connectivity index (χ1v) is 7.63. The monoisotopic (exact) mass is 270 g/mol. The van der Waals surface area contributed by atoms with E-state index in [0.29, 0.717) is 0 Å². The molecule has 1 N–H and O–H groups in total. The highest BCUT2D eigenvalue weighted by Gasteiger charge is 2.13. The van der Waals surface area contributed by atoms with Crippen LogP contribution in [-0.2, 0) is 6.61 Å². The van der Waals surface area contributed by atoms with E-state index in [4.69, 9.17) is 4.98 Å². The number of anilines is 1. The summed E-state index contributed by atoms with van der Waals surface area (Å²) in [4.78, 5) is 7.17. The Morgan fingerprint density at radius 3 is 2.45 bits per heavy atom. The Morgan fingerprint density at radius 1 is 1.00 bits per heavy atom. The molecule has 2 heterocycles. The minimum atomic E-state index is 0.0733. The highest BCUT2D eigenvalue weighted by molar-refractivity contribution is 5.84. The SMILES string of the molecule is OCc1cc(N2CCCCCCC2)nc2ccccc12. The Labute approximate surface area is 120 Å². The smallest absolute Gasteiger partial charge is 0.129 e. The zero-order valence-corrected chi connectivity index (χ0v) is 11.9. The Bertz CT molecular complexity index is 574. The molecule has 1 aromatic carbocycles. The van der Waals surface area contributed by atoms with Crippen molar-refractivity contribution in [1.29, 1.82) is 0 Å². The second-order valence-electron chi connectivity index (χ2n) is 5.57. The molecule has 1 fully saturated rings. The first-order chi connectivity index (χ1) is 9.88. The van der Waals surface area contributed by atoms with Crippen LogP contribution < -0.4 is 4.90 Å². The Hall–Kier alpha value is -1.61. The summed E-state index contributed by atoms with van der Waals surface area (Å²) in [6, 6.07) is 10.1. The zero-order valence-electron chi connectivity index (χ0n) is 11.9. The molecule has 1 aromatic heterocycles. The van der Waals surface area contributed by atoms with Crippen molar-refractivity contribution in [3.8, 4) is 0 Å². The van der Waals surface area contributed by atoms with Crippen LogP contribution in [-0.4, -0.2) is 23.2 Å². The Balaban J connectivity index is 1.97. The number of aromatic nitrogens is 1. The molecule has 0 aliphatic carbocycles. The number of para-hydroxylation sites is 1. The molecule has 106 valence electrons. The molecule has 2 aromatic rings. The van der Waals surface area contributed by atoms with Crippen molar-refractivity contribution < 1.29 is 5.11 Å². The van der Waals surface area contributed by atoms with Gasteiger partial charge in [-0.15, -0.1) is 0 Å². The topological polar surface area (TPSA) is 36.4 Å². The lowest BCUT2D eigenvalue weighted by molar-refractivity contribution is 0.283. The molecule has 1 aliphatic heterocycles. The number of rotatable bonds is 2. The van der Waals surface area contributed by atoms with Crippen molar-refractivity contribution in [3.63, 3.8) is 0 Å². The average Bonchev–Trinajstić information content (AvgIpc) is 2.46. The number of hydrogen-bond acceptors (Lipinski definition) is 3. The van der Waals surface area contributed by atoms with Gasteiger partial charge in [-0.2, -0.15) is 0 Å². The zero-order chi connectivity index (χ0) is 13.8. The van der Waals surface area contributed by atoms with E-state index < -0.39 is 0 Å². The van der Waals surface area contributed by atoms with Gasteiger partial charge < -0.3 is 10.0 Å². The number of fused-ring (bicyclic) bond motifs is 1. The predicted molar refractivity (Wildman–Crippen MR) is 83.0 cm³/mol. The minimum Gasteiger partial charge on any atom is -0.392 e. The lowest BCUT2D eigenvalue weighted by Crippen LogP contribution is -2.28. The lowest BCUT2D eigenvalue weighted by Gasteiger charge is -2.26. The molecule has 0 atom stereocenters. The third-order valence-corrected chi connectivity index (χ3v) is 4.14. The number of pyridine rings is 1. The van der Waals surface area contributed by atoms with Gasteiger partial charge in [0.1, 0.15) is 5.82 Å². The lowest BCUT2D eigenvalue weighted by atomic mass is 10.1. The summed E-state index contributed by atoms with van der Waals surface area (Å²) < 4.78 is 0. The minimum absolute atomic E-state index is 0.0733. The third kappa shape index (κ3) is 2.78. The molecular weight excluding hydrogens is 248 g/mol. The Morgan fingerprint density at radius 2 is 1.70 bits per heavy atom. The molecule has 20 heavy (non-hydrogen) atoms. The number of benzene rings is 1. The number of aliphatic hydroxyl groups excluding tert-OH is 1. The number of hydrogen-bond donors (Lipinski definition) is 1. The molecule has 0 bridgehead atoms. The van der Waals surface area contributed by atoms with E-state index in [1.807, 2.05) is 24.3 Å². The van der Waals surface area contributed by atoms with Crippen LogP contribution in [0.15, 0.2) is 30.3 Å². The van der Waals surface area contributed by atoms with Gasteiger partial charge in [-0.05, 0) is 30.5 Å². The largest absolute Gasteiger partial charge is 0.392 e. The van der Waals surface area contributed by atoms with Crippen molar-refractivity contribution in [2.75, 3.05) is 18.0 Å². The molecule has 1 saturated heterocycles. The Kier molecular flexibility index (Phi) is 4.16. The van der Waals surface area contributed by atoms with Crippen LogP contribution >= 0.6 is 0 Å². The number of nitrogens with zero attached hydrogens (tertiary/aromatic N) is 2. The van der Waals surface area contributed by atoms with Gasteiger partial charge in [0.05, 0.1) is 12.1 Å². The third-order valence-electron chi connectivity index (χ3n) is 4.14. The second kappa shape index (κ2) is 6.23. The van der Waals surface area contributed by atoms with Gasteiger partial charge in [0, 0.05) is 18.5 Å². The van der Waals surface area contributed by atoms with E-state index in [-0.39, 0.29) is 6.61 Å². The molecule has 0 radical (unpaired) electrons. The normalized spacial score (nSPS) is 16.9. The standard InChI is InChI=1S/C17H22N2O/c20-13-14-12-17(18-16-9-5-4-8-15(14)16)19-10-6-2-1-3-7-11-19/h4-5,8-9,12,20H,1-3,6-7,10-11,13H2. The first kappa shape index (κ1) is 13.4. The van der Waals surface area contributed by atoms with Gasteiger partial charge in [-0.3, -0.25) is 0 Å². The van der Waals surface area contributed by atoms with Gasteiger partial charge in [-0.1, -0.05) is 37.5 Å². The summed E-state index contributed by atoms with van der Waals surface area (Å²) >= 11 is 0. The highest BCUT2D eigenvalue weighted by Crippen LogP contribution is 2.24. The summed E-state index contributed by atoms with van der Waals surface area (Å²) in [5, 5.41) is 10.7. The molecule has 0 amide bonds. The fourth-order valence-electron chi connectivity index (χ4n) is 3.00. The summed E-state index contributed by atoms with van der Waals surface area (Å²) in [7, 11) is 0. The van der Waals surface area contributed by atoms with E-state index in [1.165, 1.54) is 32.1 Å². The van der Waals surface area contributed by atoms with E-state index in [2.05, 4.69) is 11.0 Å². The van der Waals surface area contributed by atoms with Gasteiger partial charge in [0.25, 0.3) is 0 Å². The van der Waals surface area contributed by atoms with Crippen molar-refractivity contribution >= 4 is 16.7 Å². The number of aliphatic hydroxyl groups is 1. The van der Waals surface area contributed by atoms with E-state index in [9.17, 15) is 5.11 Å². The highest BCUT2D eigenvalue weighted by atomic mass is 16.3. The van der Waals surface area contributed by atoms with Crippen LogP contribution in [0.4, 0.5) is 5.82 Å². The first-order valence-electron chi connectivity index (χ1n) is 7.63. The maximum Gasteiger partial charge on any atom is 0.129 e. The molecule has 3 rings (SSSR count). The fraction of sp³-hybridized carbons (Fsp3) is 0.471.